The quantitative estimate of drug-likeness (QED) is 0.530. The number of carbonyl (C=O) groups excluding carboxylic acids is 2. The van der Waals surface area contributed by atoms with Crippen molar-refractivity contribution in [3.05, 3.63) is 0 Å². The molecule has 0 fully saturated rings. The van der Waals surface area contributed by atoms with Gasteiger partial charge in [-0.15, -0.1) is 0 Å². The van der Waals surface area contributed by atoms with Gasteiger partial charge < -0.3 is 10.1 Å². The van der Waals surface area contributed by atoms with Crippen LogP contribution in [0.5, 0.6) is 0 Å². The van der Waals surface area contributed by atoms with E-state index in [4.69, 9.17) is 4.74 Å². The van der Waals surface area contributed by atoms with Crippen molar-refractivity contribution in [3.63, 3.8) is 0 Å². The molecule has 0 heterocycles. The number of ketones is 1. The number of ether oxygens (including phenoxy) is 1. The number of amides is 1. The third-order valence-electron chi connectivity index (χ3n) is 3.11. The van der Waals surface area contributed by atoms with Gasteiger partial charge in [0.15, 0.2) is 0 Å². The molecule has 0 bridgehead atoms. The maximum Gasteiger partial charge on any atom is 0.220 e. The smallest absolute Gasteiger partial charge is 0.220 e. The Hall–Kier alpha value is -0.900. The lowest BCUT2D eigenvalue weighted by molar-refractivity contribution is -0.125. The summed E-state index contributed by atoms with van der Waals surface area (Å²) in [5, 5.41) is 2.88. The van der Waals surface area contributed by atoms with Crippen LogP contribution in [0.4, 0.5) is 0 Å². The maximum atomic E-state index is 11.6. The fourth-order valence-corrected chi connectivity index (χ4v) is 2.03. The van der Waals surface area contributed by atoms with Gasteiger partial charge in [-0.25, -0.2) is 0 Å². The highest BCUT2D eigenvalue weighted by Crippen LogP contribution is 2.05. The van der Waals surface area contributed by atoms with E-state index in [9.17, 15) is 9.59 Å². The molecule has 0 unspecified atom stereocenters. The Bertz CT molecular complexity index is 288. The van der Waals surface area contributed by atoms with Crippen molar-refractivity contribution in [1.29, 1.82) is 0 Å². The summed E-state index contributed by atoms with van der Waals surface area (Å²) in [6, 6.07) is 0. The average molecular weight is 299 g/mol. The lowest BCUT2D eigenvalue weighted by Gasteiger charge is -2.08. The summed E-state index contributed by atoms with van der Waals surface area (Å²) < 4.78 is 5.47. The molecule has 0 radical (unpaired) electrons. The van der Waals surface area contributed by atoms with E-state index in [2.05, 4.69) is 5.32 Å². The fourth-order valence-electron chi connectivity index (χ4n) is 2.03. The van der Waals surface area contributed by atoms with Gasteiger partial charge in [0.25, 0.3) is 0 Å². The minimum atomic E-state index is -0.00440. The molecule has 1 N–H and O–H groups in total. The molecule has 21 heavy (non-hydrogen) atoms. The Kier molecular flexibility index (Phi) is 12.3. The average Bonchev–Trinajstić information content (AvgIpc) is 2.38. The Morgan fingerprint density at radius 2 is 1.62 bits per heavy atom. The fraction of sp³-hybridized carbons (Fsp3) is 0.882. The molecule has 4 nitrogen and oxygen atoms in total. The predicted molar refractivity (Wildman–Crippen MR) is 86.3 cm³/mol. The van der Waals surface area contributed by atoms with Gasteiger partial charge in [-0.2, -0.15) is 0 Å². The van der Waals surface area contributed by atoms with Crippen molar-refractivity contribution in [2.24, 2.45) is 5.92 Å². The molecular formula is C17H33NO3. The van der Waals surface area contributed by atoms with E-state index in [-0.39, 0.29) is 11.7 Å². The molecule has 0 rings (SSSR count). The molecule has 0 aromatic rings. The van der Waals surface area contributed by atoms with Crippen molar-refractivity contribution in [2.75, 3.05) is 13.2 Å². The van der Waals surface area contributed by atoms with E-state index in [1.807, 2.05) is 27.7 Å². The number of unbranched alkanes of at least 4 members (excludes halogenated alkanes) is 3. The van der Waals surface area contributed by atoms with Gasteiger partial charge in [0.1, 0.15) is 5.78 Å². The monoisotopic (exact) mass is 299 g/mol. The van der Waals surface area contributed by atoms with Crippen molar-refractivity contribution in [2.45, 2.75) is 78.7 Å². The van der Waals surface area contributed by atoms with Crippen LogP contribution < -0.4 is 5.32 Å². The van der Waals surface area contributed by atoms with E-state index in [0.717, 1.165) is 32.3 Å². The Morgan fingerprint density at radius 1 is 0.952 bits per heavy atom. The number of carbonyl (C=O) groups is 2. The van der Waals surface area contributed by atoms with Crippen LogP contribution in [-0.4, -0.2) is 30.9 Å². The van der Waals surface area contributed by atoms with Crippen LogP contribution in [0.3, 0.4) is 0 Å². The zero-order chi connectivity index (χ0) is 16.1. The highest BCUT2D eigenvalue weighted by molar-refractivity contribution is 5.84. The third kappa shape index (κ3) is 15.3. The highest BCUT2D eigenvalue weighted by Gasteiger charge is 2.08. The molecule has 0 atom stereocenters. The second-order valence-corrected chi connectivity index (χ2v) is 6.32. The number of nitrogens with one attached hydrogen (secondary N) is 1. The number of hydrogen-bond donors (Lipinski definition) is 1. The lowest BCUT2D eigenvalue weighted by atomic mass is 10.0. The molecule has 0 aromatic carbocycles. The van der Waals surface area contributed by atoms with Gasteiger partial charge in [0.2, 0.25) is 5.91 Å². The van der Waals surface area contributed by atoms with Gasteiger partial charge in [0, 0.05) is 32.4 Å². The van der Waals surface area contributed by atoms with Crippen molar-refractivity contribution in [3.8, 4) is 0 Å². The first-order valence-corrected chi connectivity index (χ1v) is 8.31. The SMILES string of the molecule is CC(C)CC(=O)CCC(=O)NCCCCCCOC(C)C. The first-order valence-electron chi connectivity index (χ1n) is 8.31. The van der Waals surface area contributed by atoms with Crippen LogP contribution in [-0.2, 0) is 14.3 Å². The van der Waals surface area contributed by atoms with Gasteiger partial charge in [-0.1, -0.05) is 26.7 Å². The second kappa shape index (κ2) is 12.8. The first-order chi connectivity index (χ1) is 9.91. The first kappa shape index (κ1) is 20.1. The van der Waals surface area contributed by atoms with E-state index in [1.165, 1.54) is 0 Å². The third-order valence-corrected chi connectivity index (χ3v) is 3.11. The molecule has 124 valence electrons. The molecule has 1 amide bonds. The van der Waals surface area contributed by atoms with E-state index >= 15 is 0 Å². The van der Waals surface area contributed by atoms with Crippen molar-refractivity contribution >= 4 is 11.7 Å². The largest absolute Gasteiger partial charge is 0.379 e. The zero-order valence-electron chi connectivity index (χ0n) is 14.2. The van der Waals surface area contributed by atoms with Crippen molar-refractivity contribution in [1.82, 2.24) is 5.32 Å². The molecule has 0 aliphatic rings. The summed E-state index contributed by atoms with van der Waals surface area (Å²) in [5.41, 5.74) is 0. The summed E-state index contributed by atoms with van der Waals surface area (Å²) in [5.74, 6) is 0.556. The maximum absolute atomic E-state index is 11.6. The summed E-state index contributed by atoms with van der Waals surface area (Å²) in [7, 11) is 0. The van der Waals surface area contributed by atoms with Gasteiger partial charge in [-0.3, -0.25) is 9.59 Å². The van der Waals surface area contributed by atoms with Crippen LogP contribution in [0.2, 0.25) is 0 Å². The number of Topliss-reactive ketones (excluding diaryl/α,β-unsaturated/α-hetero) is 1. The summed E-state index contributed by atoms with van der Waals surface area (Å²) in [6.45, 7) is 9.65. The van der Waals surface area contributed by atoms with Crippen LogP contribution in [0.25, 0.3) is 0 Å². The normalized spacial score (nSPS) is 11.1. The van der Waals surface area contributed by atoms with Gasteiger partial charge in [0.05, 0.1) is 6.10 Å². The van der Waals surface area contributed by atoms with E-state index < -0.39 is 0 Å². The molecule has 0 aliphatic carbocycles. The molecule has 4 heteroatoms. The lowest BCUT2D eigenvalue weighted by Crippen LogP contribution is -2.25. The van der Waals surface area contributed by atoms with E-state index in [0.29, 0.717) is 37.8 Å². The number of hydrogen-bond acceptors (Lipinski definition) is 3. The highest BCUT2D eigenvalue weighted by atomic mass is 16.5. The number of rotatable bonds is 13. The molecule has 0 saturated heterocycles. The Labute approximate surface area is 130 Å². The van der Waals surface area contributed by atoms with Crippen LogP contribution in [0, 0.1) is 5.92 Å². The van der Waals surface area contributed by atoms with Gasteiger partial charge in [-0.05, 0) is 32.6 Å². The predicted octanol–water partition coefficient (Wildman–Crippen LogP) is 3.48. The van der Waals surface area contributed by atoms with Crippen LogP contribution >= 0.6 is 0 Å². The summed E-state index contributed by atoms with van der Waals surface area (Å²) >= 11 is 0. The zero-order valence-corrected chi connectivity index (χ0v) is 14.2. The molecule has 0 aliphatic heterocycles. The summed E-state index contributed by atoms with van der Waals surface area (Å²) in [6.07, 6.45) is 5.89. The molecular weight excluding hydrogens is 266 g/mol. The molecule has 0 spiro atoms. The van der Waals surface area contributed by atoms with Crippen molar-refractivity contribution < 1.29 is 14.3 Å². The topological polar surface area (TPSA) is 55.4 Å². The Morgan fingerprint density at radius 3 is 2.24 bits per heavy atom. The van der Waals surface area contributed by atoms with Gasteiger partial charge >= 0.3 is 0 Å². The molecule has 0 aromatic heterocycles. The minimum absolute atomic E-state index is 0.00440. The standard InChI is InChI=1S/C17H33NO3/c1-14(2)13-16(19)9-10-17(20)18-11-7-5-6-8-12-21-15(3)4/h14-15H,5-13H2,1-4H3,(H,18,20). The van der Waals surface area contributed by atoms with E-state index in [1.54, 1.807) is 0 Å². The summed E-state index contributed by atoms with van der Waals surface area (Å²) in [4.78, 5) is 23.1. The second-order valence-electron chi connectivity index (χ2n) is 6.32. The van der Waals surface area contributed by atoms with Crippen LogP contribution in [0.1, 0.15) is 72.6 Å². The van der Waals surface area contributed by atoms with Crippen LogP contribution in [0.15, 0.2) is 0 Å². The Balaban J connectivity index is 3.36. The minimum Gasteiger partial charge on any atom is -0.379 e. The molecule has 0 saturated carbocycles.